The van der Waals surface area contributed by atoms with E-state index in [9.17, 15) is 9.90 Å². The minimum atomic E-state index is -0.566. The highest BCUT2D eigenvalue weighted by Gasteiger charge is 2.05. The molecule has 0 aliphatic carbocycles. The molecule has 0 radical (unpaired) electrons. The van der Waals surface area contributed by atoms with Crippen molar-refractivity contribution in [2.45, 2.75) is 6.92 Å². The van der Waals surface area contributed by atoms with Crippen LogP contribution in [0.3, 0.4) is 0 Å². The van der Waals surface area contributed by atoms with Crippen molar-refractivity contribution in [2.24, 2.45) is 0 Å². The highest BCUT2D eigenvalue weighted by molar-refractivity contribution is 5.84. The fraction of sp³-hybridized carbons (Fsp3) is 0.182. The van der Waals surface area contributed by atoms with Crippen molar-refractivity contribution in [1.82, 2.24) is 0 Å². The van der Waals surface area contributed by atoms with E-state index in [1.54, 1.807) is 18.2 Å². The molecule has 0 atom stereocenters. The lowest BCUT2D eigenvalue weighted by Crippen LogP contribution is -1.96. The van der Waals surface area contributed by atoms with Crippen LogP contribution in [0.4, 0.5) is 0 Å². The Morgan fingerprint density at radius 2 is 2.20 bits per heavy atom. The molecule has 1 aromatic carbocycles. The average Bonchev–Trinajstić information content (AvgIpc) is 2.19. The minimum absolute atomic E-state index is 0.0946. The topological polar surface area (TPSA) is 59.7 Å². The summed E-state index contributed by atoms with van der Waals surface area (Å²) in [5.74, 6) is 0.539. The minimum Gasteiger partial charge on any atom is -0.507 e. The lowest BCUT2D eigenvalue weighted by atomic mass is 10.2. The van der Waals surface area contributed by atoms with Gasteiger partial charge in [0, 0.05) is 0 Å². The summed E-state index contributed by atoms with van der Waals surface area (Å²) in [7, 11) is 0. The van der Waals surface area contributed by atoms with Gasteiger partial charge in [-0.15, -0.1) is 0 Å². The Morgan fingerprint density at radius 3 is 2.93 bits per heavy atom. The van der Waals surface area contributed by atoms with Gasteiger partial charge in [0.25, 0.3) is 0 Å². The van der Waals surface area contributed by atoms with Gasteiger partial charge in [-0.25, -0.2) is 4.79 Å². The van der Waals surface area contributed by atoms with Crippen molar-refractivity contribution in [2.75, 3.05) is 6.61 Å². The van der Waals surface area contributed by atoms with Gasteiger partial charge in [-0.1, -0.05) is 0 Å². The van der Waals surface area contributed by atoms with Crippen molar-refractivity contribution in [3.8, 4) is 11.5 Å². The van der Waals surface area contributed by atoms with Crippen LogP contribution in [-0.4, -0.2) is 11.7 Å². The molecule has 0 saturated carbocycles. The van der Waals surface area contributed by atoms with Crippen LogP contribution in [0.2, 0.25) is 0 Å². The maximum Gasteiger partial charge on any atom is 0.339 e. The first kappa shape index (κ1) is 9.58. The summed E-state index contributed by atoms with van der Waals surface area (Å²) in [5, 5.41) is 10.0. The zero-order valence-corrected chi connectivity index (χ0v) is 8.19. The molecule has 78 valence electrons. The van der Waals surface area contributed by atoms with Crippen LogP contribution in [0.5, 0.6) is 11.5 Å². The first-order valence-electron chi connectivity index (χ1n) is 4.60. The van der Waals surface area contributed by atoms with Crippen LogP contribution in [0.25, 0.3) is 11.0 Å². The number of ether oxygens (including phenoxy) is 1. The number of hydrogen-bond acceptors (Lipinski definition) is 4. The fourth-order valence-corrected chi connectivity index (χ4v) is 1.38. The van der Waals surface area contributed by atoms with E-state index in [1.807, 2.05) is 6.92 Å². The molecular formula is C11H10O4. The molecule has 4 nitrogen and oxygen atoms in total. The standard InChI is InChI=1S/C11H10O4/c1-2-14-7-3-4-10-8(5-7)9(12)6-11(13)15-10/h3-6,12H,2H2,1H3. The Kier molecular flexibility index (Phi) is 2.33. The summed E-state index contributed by atoms with van der Waals surface area (Å²) in [6, 6.07) is 5.96. The second-order valence-corrected chi connectivity index (χ2v) is 3.04. The fourth-order valence-electron chi connectivity index (χ4n) is 1.38. The van der Waals surface area contributed by atoms with Gasteiger partial charge < -0.3 is 14.3 Å². The monoisotopic (exact) mass is 206 g/mol. The smallest absolute Gasteiger partial charge is 0.339 e. The van der Waals surface area contributed by atoms with Crippen molar-refractivity contribution in [3.05, 3.63) is 34.7 Å². The van der Waals surface area contributed by atoms with Crippen LogP contribution in [0.15, 0.2) is 33.5 Å². The van der Waals surface area contributed by atoms with E-state index in [0.29, 0.717) is 23.3 Å². The van der Waals surface area contributed by atoms with Crippen LogP contribution in [0, 0.1) is 0 Å². The molecule has 1 N–H and O–H groups in total. The van der Waals surface area contributed by atoms with Gasteiger partial charge in [0.05, 0.1) is 18.1 Å². The average molecular weight is 206 g/mol. The first-order chi connectivity index (χ1) is 7.20. The third-order valence-corrected chi connectivity index (χ3v) is 2.00. The van der Waals surface area contributed by atoms with Gasteiger partial charge >= 0.3 is 5.63 Å². The maximum atomic E-state index is 11.0. The third-order valence-electron chi connectivity index (χ3n) is 2.00. The number of fused-ring (bicyclic) bond motifs is 1. The van der Waals surface area contributed by atoms with E-state index >= 15 is 0 Å². The summed E-state index contributed by atoms with van der Waals surface area (Å²) in [6.45, 7) is 2.41. The third kappa shape index (κ3) is 1.79. The van der Waals surface area contributed by atoms with E-state index in [4.69, 9.17) is 9.15 Å². The van der Waals surface area contributed by atoms with Gasteiger partial charge in [0.2, 0.25) is 0 Å². The molecule has 0 spiro atoms. The number of benzene rings is 1. The molecule has 0 bridgehead atoms. The first-order valence-corrected chi connectivity index (χ1v) is 4.60. The Labute approximate surface area is 85.7 Å². The van der Waals surface area contributed by atoms with Crippen LogP contribution in [-0.2, 0) is 0 Å². The number of hydrogen-bond donors (Lipinski definition) is 1. The van der Waals surface area contributed by atoms with Crippen LogP contribution >= 0.6 is 0 Å². The second-order valence-electron chi connectivity index (χ2n) is 3.04. The predicted octanol–water partition coefficient (Wildman–Crippen LogP) is 1.90. The zero-order valence-electron chi connectivity index (χ0n) is 8.19. The molecule has 0 aliphatic heterocycles. The van der Waals surface area contributed by atoms with E-state index in [-0.39, 0.29) is 5.75 Å². The molecule has 1 heterocycles. The number of rotatable bonds is 2. The van der Waals surface area contributed by atoms with Crippen LogP contribution in [0.1, 0.15) is 6.92 Å². The molecule has 1 aromatic heterocycles. The van der Waals surface area contributed by atoms with Gasteiger partial charge in [-0.05, 0) is 25.1 Å². The Balaban J connectivity index is 2.66. The van der Waals surface area contributed by atoms with E-state index in [1.165, 1.54) is 0 Å². The molecule has 0 amide bonds. The molecule has 2 aromatic rings. The van der Waals surface area contributed by atoms with Gasteiger partial charge in [0.1, 0.15) is 17.1 Å². The van der Waals surface area contributed by atoms with E-state index < -0.39 is 5.63 Å². The van der Waals surface area contributed by atoms with Crippen molar-refractivity contribution < 1.29 is 14.3 Å². The second kappa shape index (κ2) is 3.65. The maximum absolute atomic E-state index is 11.0. The van der Waals surface area contributed by atoms with Crippen molar-refractivity contribution in [1.29, 1.82) is 0 Å². The normalized spacial score (nSPS) is 10.5. The Hall–Kier alpha value is -1.97. The summed E-state index contributed by atoms with van der Waals surface area (Å²) in [6.07, 6.45) is 0. The molecule has 0 fully saturated rings. The molecule has 15 heavy (non-hydrogen) atoms. The SMILES string of the molecule is CCOc1ccc2oc(=O)cc(O)c2c1. The van der Waals surface area contributed by atoms with Gasteiger partial charge in [-0.3, -0.25) is 0 Å². The quantitative estimate of drug-likeness (QED) is 0.762. The zero-order chi connectivity index (χ0) is 10.8. The molecule has 4 heteroatoms. The highest BCUT2D eigenvalue weighted by atomic mass is 16.5. The van der Waals surface area contributed by atoms with Crippen LogP contribution < -0.4 is 10.4 Å². The predicted molar refractivity (Wildman–Crippen MR) is 55.3 cm³/mol. The molecule has 0 aliphatic rings. The van der Waals surface area contributed by atoms with E-state index in [0.717, 1.165) is 6.07 Å². The summed E-state index contributed by atoms with van der Waals surface area (Å²) in [4.78, 5) is 11.0. The lowest BCUT2D eigenvalue weighted by molar-refractivity contribution is 0.340. The summed E-state index contributed by atoms with van der Waals surface area (Å²) >= 11 is 0. The number of aromatic hydroxyl groups is 1. The van der Waals surface area contributed by atoms with Gasteiger partial charge in [-0.2, -0.15) is 0 Å². The Morgan fingerprint density at radius 1 is 1.40 bits per heavy atom. The van der Waals surface area contributed by atoms with Crippen molar-refractivity contribution in [3.63, 3.8) is 0 Å². The Bertz CT molecular complexity index is 542. The molecular weight excluding hydrogens is 196 g/mol. The largest absolute Gasteiger partial charge is 0.507 e. The summed E-state index contributed by atoms with van der Waals surface area (Å²) < 4.78 is 10.2. The molecule has 2 rings (SSSR count). The highest BCUT2D eigenvalue weighted by Crippen LogP contribution is 2.26. The van der Waals surface area contributed by atoms with Gasteiger partial charge in [0.15, 0.2) is 0 Å². The molecule has 0 unspecified atom stereocenters. The lowest BCUT2D eigenvalue weighted by Gasteiger charge is -2.04. The molecule has 0 saturated heterocycles. The summed E-state index contributed by atoms with van der Waals surface area (Å²) in [5.41, 5.74) is -0.215. The van der Waals surface area contributed by atoms with Crippen molar-refractivity contribution >= 4 is 11.0 Å². The van der Waals surface area contributed by atoms with E-state index in [2.05, 4.69) is 0 Å².